The summed E-state index contributed by atoms with van der Waals surface area (Å²) in [5.74, 6) is -0.486. The van der Waals surface area contributed by atoms with Crippen LogP contribution in [0.5, 0.6) is 23.0 Å². The summed E-state index contributed by atoms with van der Waals surface area (Å²) in [5.41, 5.74) is 0.940. The molecule has 1 saturated heterocycles. The lowest BCUT2D eigenvalue weighted by molar-refractivity contribution is -0.164. The molecule has 8 nitrogen and oxygen atoms in total. The molecule has 1 fully saturated rings. The number of imide groups is 1. The van der Waals surface area contributed by atoms with Crippen LogP contribution in [-0.2, 0) is 19.9 Å². The van der Waals surface area contributed by atoms with Crippen molar-refractivity contribution in [2.45, 2.75) is 18.4 Å². The molecule has 3 aliphatic heterocycles. The van der Waals surface area contributed by atoms with Crippen molar-refractivity contribution >= 4 is 17.8 Å². The molecular weight excluding hydrogens is 414 g/mol. The average molecular weight is 429 g/mol. The second kappa shape index (κ2) is 6.34. The Bertz CT molecular complexity index is 1330. The third-order valence-corrected chi connectivity index (χ3v) is 5.87. The van der Waals surface area contributed by atoms with E-state index in [2.05, 4.69) is 0 Å². The Morgan fingerprint density at radius 1 is 0.844 bits per heavy atom. The summed E-state index contributed by atoms with van der Waals surface area (Å²) in [4.78, 5) is 42.1. The van der Waals surface area contributed by atoms with E-state index in [4.69, 9.17) is 14.3 Å². The van der Waals surface area contributed by atoms with Gasteiger partial charge in [0.2, 0.25) is 0 Å². The predicted molar refractivity (Wildman–Crippen MR) is 108 cm³/mol. The third kappa shape index (κ3) is 2.40. The summed E-state index contributed by atoms with van der Waals surface area (Å²) in [6, 6.07) is 16.5. The second-order valence-corrected chi connectivity index (χ2v) is 7.73. The molecule has 2 amide bonds. The lowest BCUT2D eigenvalue weighted by Crippen LogP contribution is -2.34. The van der Waals surface area contributed by atoms with Crippen LogP contribution in [0, 0.1) is 0 Å². The number of hydrogen-bond acceptors (Lipinski definition) is 7. The standard InChI is InChI=1S/C24H15NO7/c26-13-5-7-17-19(11-13)30-20-12-14(32-25-21(27)9-10-22(25)28)6-8-18(20)24(17)16-4-2-1-3-15(16)23(29)31-24/h1-8,11-12,26H,9-10H2. The average Bonchev–Trinajstić information content (AvgIpc) is 3.26. The number of carbonyl (C=O) groups is 3. The Morgan fingerprint density at radius 2 is 1.53 bits per heavy atom. The quantitative estimate of drug-likeness (QED) is 0.492. The Labute approximate surface area is 181 Å². The van der Waals surface area contributed by atoms with Crippen LogP contribution in [0.4, 0.5) is 0 Å². The summed E-state index contributed by atoms with van der Waals surface area (Å²) in [5, 5.41) is 10.8. The van der Waals surface area contributed by atoms with E-state index in [1.54, 1.807) is 30.3 Å². The van der Waals surface area contributed by atoms with Crippen LogP contribution in [0.25, 0.3) is 0 Å². The van der Waals surface area contributed by atoms with Gasteiger partial charge in [0.05, 0.1) is 5.56 Å². The zero-order valence-corrected chi connectivity index (χ0v) is 16.5. The number of hydrogen-bond donors (Lipinski definition) is 1. The molecule has 3 aliphatic rings. The van der Waals surface area contributed by atoms with Crippen LogP contribution >= 0.6 is 0 Å². The maximum absolute atomic E-state index is 12.8. The van der Waals surface area contributed by atoms with Gasteiger partial charge < -0.3 is 19.4 Å². The first kappa shape index (κ1) is 18.4. The number of phenolic OH excluding ortho intramolecular Hbond substituents is 1. The van der Waals surface area contributed by atoms with Crippen LogP contribution in [0.15, 0.2) is 60.7 Å². The molecule has 3 aromatic rings. The number of rotatable bonds is 2. The first-order chi connectivity index (χ1) is 15.5. The summed E-state index contributed by atoms with van der Waals surface area (Å²) in [6.45, 7) is 0. The van der Waals surface area contributed by atoms with Gasteiger partial charge in [-0.3, -0.25) is 9.59 Å². The van der Waals surface area contributed by atoms with Gasteiger partial charge in [0, 0.05) is 41.7 Å². The van der Waals surface area contributed by atoms with Crippen molar-refractivity contribution in [3.63, 3.8) is 0 Å². The zero-order valence-electron chi connectivity index (χ0n) is 16.5. The van der Waals surface area contributed by atoms with Gasteiger partial charge in [-0.15, -0.1) is 5.06 Å². The summed E-state index contributed by atoms with van der Waals surface area (Å²) in [6.07, 6.45) is 0.200. The van der Waals surface area contributed by atoms with E-state index >= 15 is 0 Å². The molecule has 1 spiro atoms. The highest BCUT2D eigenvalue weighted by molar-refractivity contribution is 6.01. The molecule has 32 heavy (non-hydrogen) atoms. The fraction of sp³-hybridized carbons (Fsp3) is 0.125. The minimum absolute atomic E-state index is 0.0133. The van der Waals surface area contributed by atoms with Crippen LogP contribution in [-0.4, -0.2) is 28.0 Å². The van der Waals surface area contributed by atoms with E-state index in [1.807, 2.05) is 12.1 Å². The molecule has 3 aromatic carbocycles. The van der Waals surface area contributed by atoms with Gasteiger partial charge >= 0.3 is 5.97 Å². The Hall–Kier alpha value is -4.33. The van der Waals surface area contributed by atoms with E-state index < -0.39 is 23.4 Å². The van der Waals surface area contributed by atoms with Crippen molar-refractivity contribution in [3.8, 4) is 23.0 Å². The largest absolute Gasteiger partial charge is 0.508 e. The minimum atomic E-state index is -1.28. The first-order valence-corrected chi connectivity index (χ1v) is 10.00. The number of nitrogens with zero attached hydrogens (tertiary/aromatic N) is 1. The molecule has 3 heterocycles. The Morgan fingerprint density at radius 3 is 2.31 bits per heavy atom. The molecule has 158 valence electrons. The Balaban J connectivity index is 1.53. The monoisotopic (exact) mass is 429 g/mol. The molecule has 1 atom stereocenters. The van der Waals surface area contributed by atoms with E-state index in [-0.39, 0.29) is 24.3 Å². The van der Waals surface area contributed by atoms with Gasteiger partial charge in [0.15, 0.2) is 11.4 Å². The summed E-state index contributed by atoms with van der Waals surface area (Å²) in [7, 11) is 0. The number of esters is 1. The Kier molecular flexibility index (Phi) is 3.65. The molecule has 6 rings (SSSR count). The number of ether oxygens (including phenoxy) is 2. The van der Waals surface area contributed by atoms with Crippen LogP contribution in [0.3, 0.4) is 0 Å². The maximum Gasteiger partial charge on any atom is 0.340 e. The second-order valence-electron chi connectivity index (χ2n) is 7.73. The molecule has 0 aliphatic carbocycles. The number of aromatic hydroxyl groups is 1. The maximum atomic E-state index is 12.8. The van der Waals surface area contributed by atoms with Crippen molar-refractivity contribution in [2.24, 2.45) is 0 Å². The van der Waals surface area contributed by atoms with Gasteiger partial charge in [0.25, 0.3) is 11.8 Å². The number of fused-ring (bicyclic) bond motifs is 6. The number of carbonyl (C=O) groups excluding carboxylic acids is 3. The van der Waals surface area contributed by atoms with Gasteiger partial charge in [-0.25, -0.2) is 4.79 Å². The van der Waals surface area contributed by atoms with Gasteiger partial charge in [-0.2, -0.15) is 0 Å². The molecule has 8 heteroatoms. The van der Waals surface area contributed by atoms with Crippen molar-refractivity contribution < 1.29 is 33.8 Å². The lowest BCUT2D eigenvalue weighted by atomic mass is 9.77. The highest BCUT2D eigenvalue weighted by Gasteiger charge is 2.53. The molecule has 1 N–H and O–H groups in total. The van der Waals surface area contributed by atoms with Crippen molar-refractivity contribution in [1.29, 1.82) is 0 Å². The van der Waals surface area contributed by atoms with Gasteiger partial charge in [-0.05, 0) is 30.3 Å². The van der Waals surface area contributed by atoms with Crippen molar-refractivity contribution in [1.82, 2.24) is 5.06 Å². The number of phenols is 1. The van der Waals surface area contributed by atoms with Crippen LogP contribution in [0.1, 0.15) is 39.9 Å². The van der Waals surface area contributed by atoms with Gasteiger partial charge in [-0.1, -0.05) is 18.2 Å². The normalized spacial score (nSPS) is 20.5. The SMILES string of the molecule is O=C1OC2(c3ccc(O)cc3Oc3cc(ON4C(=O)CCC4=O)ccc32)c2ccccc21. The summed E-state index contributed by atoms with van der Waals surface area (Å²) >= 11 is 0. The van der Waals surface area contributed by atoms with Gasteiger partial charge in [0.1, 0.15) is 17.2 Å². The van der Waals surface area contributed by atoms with E-state index in [0.717, 1.165) is 5.06 Å². The van der Waals surface area contributed by atoms with E-state index in [1.165, 1.54) is 18.2 Å². The number of benzene rings is 3. The van der Waals surface area contributed by atoms with E-state index in [9.17, 15) is 19.5 Å². The fourth-order valence-corrected chi connectivity index (χ4v) is 4.47. The predicted octanol–water partition coefficient (Wildman–Crippen LogP) is 3.40. The van der Waals surface area contributed by atoms with Crippen molar-refractivity contribution in [2.75, 3.05) is 0 Å². The summed E-state index contributed by atoms with van der Waals surface area (Å²) < 4.78 is 12.0. The first-order valence-electron chi connectivity index (χ1n) is 10.00. The minimum Gasteiger partial charge on any atom is -0.508 e. The van der Waals surface area contributed by atoms with Crippen LogP contribution < -0.4 is 9.57 Å². The van der Waals surface area contributed by atoms with Crippen molar-refractivity contribution in [3.05, 3.63) is 82.9 Å². The highest BCUT2D eigenvalue weighted by atomic mass is 16.7. The lowest BCUT2D eigenvalue weighted by Gasteiger charge is -2.36. The molecule has 0 saturated carbocycles. The fourth-order valence-electron chi connectivity index (χ4n) is 4.47. The molecule has 0 bridgehead atoms. The zero-order chi connectivity index (χ0) is 22.0. The molecule has 1 unspecified atom stereocenters. The smallest absolute Gasteiger partial charge is 0.340 e. The van der Waals surface area contributed by atoms with E-state index in [0.29, 0.717) is 33.8 Å². The highest BCUT2D eigenvalue weighted by Crippen LogP contribution is 2.56. The number of amides is 2. The third-order valence-electron chi connectivity index (χ3n) is 5.87. The molecule has 0 radical (unpaired) electrons. The molecular formula is C24H15NO7. The number of hydroxylamine groups is 2. The topological polar surface area (TPSA) is 102 Å². The van der Waals surface area contributed by atoms with Crippen LogP contribution in [0.2, 0.25) is 0 Å². The molecule has 0 aromatic heterocycles.